The highest BCUT2D eigenvalue weighted by molar-refractivity contribution is 5.81. The monoisotopic (exact) mass is 314 g/mol. The van der Waals surface area contributed by atoms with Gasteiger partial charge in [0, 0.05) is 13.1 Å². The molecule has 0 radical (unpaired) electrons. The summed E-state index contributed by atoms with van der Waals surface area (Å²) in [6.07, 6.45) is 0.978. The summed E-state index contributed by atoms with van der Waals surface area (Å²) in [6, 6.07) is 7.93. The van der Waals surface area contributed by atoms with Gasteiger partial charge in [0.05, 0.1) is 6.04 Å². The van der Waals surface area contributed by atoms with E-state index in [4.69, 9.17) is 4.52 Å². The van der Waals surface area contributed by atoms with Gasteiger partial charge >= 0.3 is 0 Å². The number of nitrogens with zero attached hydrogens (tertiary/aromatic N) is 3. The number of fused-ring (bicyclic) bond motifs is 1. The smallest absolute Gasteiger partial charge is 0.248 e. The van der Waals surface area contributed by atoms with Crippen molar-refractivity contribution >= 4 is 5.91 Å². The molecule has 0 saturated heterocycles. The standard InChI is InChI=1S/C17H22N4O2/c1-11(17-19-13(3)20-23-17)18-16(22)12(2)21-9-8-14-6-4-5-7-15(14)10-21/h4-7,11-12H,8-10H2,1-3H3,(H,18,22)/t11-,12+/m0/s1. The van der Waals surface area contributed by atoms with Gasteiger partial charge in [0.2, 0.25) is 11.8 Å². The van der Waals surface area contributed by atoms with Gasteiger partial charge < -0.3 is 9.84 Å². The molecule has 1 aliphatic rings. The summed E-state index contributed by atoms with van der Waals surface area (Å²) in [4.78, 5) is 18.9. The maximum atomic E-state index is 12.5. The van der Waals surface area contributed by atoms with Gasteiger partial charge in [-0.05, 0) is 38.3 Å². The molecule has 2 heterocycles. The quantitative estimate of drug-likeness (QED) is 0.934. The number of aryl methyl sites for hydroxylation is 1. The number of amides is 1. The second kappa shape index (κ2) is 6.50. The average Bonchev–Trinajstić information content (AvgIpc) is 3.00. The molecule has 1 aromatic carbocycles. The Kier molecular flexibility index (Phi) is 4.43. The van der Waals surface area contributed by atoms with Crippen LogP contribution in [0.2, 0.25) is 0 Å². The highest BCUT2D eigenvalue weighted by Crippen LogP contribution is 2.20. The van der Waals surface area contributed by atoms with Gasteiger partial charge in [-0.2, -0.15) is 4.98 Å². The lowest BCUT2D eigenvalue weighted by molar-refractivity contribution is -0.127. The average molecular weight is 314 g/mol. The van der Waals surface area contributed by atoms with Crippen LogP contribution in [0.25, 0.3) is 0 Å². The molecule has 1 N–H and O–H groups in total. The van der Waals surface area contributed by atoms with Gasteiger partial charge in [-0.25, -0.2) is 0 Å². The van der Waals surface area contributed by atoms with Crippen molar-refractivity contribution in [2.75, 3.05) is 6.54 Å². The van der Waals surface area contributed by atoms with Crippen molar-refractivity contribution in [1.82, 2.24) is 20.4 Å². The Morgan fingerprint density at radius 2 is 2.04 bits per heavy atom. The number of nitrogens with one attached hydrogen (secondary N) is 1. The van der Waals surface area contributed by atoms with Crippen LogP contribution >= 0.6 is 0 Å². The zero-order chi connectivity index (χ0) is 16.4. The van der Waals surface area contributed by atoms with Gasteiger partial charge in [-0.1, -0.05) is 29.4 Å². The summed E-state index contributed by atoms with van der Waals surface area (Å²) in [5, 5.41) is 6.71. The van der Waals surface area contributed by atoms with E-state index in [0.29, 0.717) is 11.7 Å². The fraction of sp³-hybridized carbons (Fsp3) is 0.471. The molecule has 23 heavy (non-hydrogen) atoms. The number of aromatic nitrogens is 2. The van der Waals surface area contributed by atoms with E-state index < -0.39 is 0 Å². The lowest BCUT2D eigenvalue weighted by Gasteiger charge is -2.33. The summed E-state index contributed by atoms with van der Waals surface area (Å²) in [7, 11) is 0. The predicted molar refractivity (Wildman–Crippen MR) is 85.6 cm³/mol. The van der Waals surface area contributed by atoms with Crippen molar-refractivity contribution < 1.29 is 9.32 Å². The van der Waals surface area contributed by atoms with Crippen molar-refractivity contribution in [2.24, 2.45) is 0 Å². The van der Waals surface area contributed by atoms with Crippen molar-refractivity contribution in [1.29, 1.82) is 0 Å². The van der Waals surface area contributed by atoms with Crippen molar-refractivity contribution in [3.63, 3.8) is 0 Å². The molecule has 1 amide bonds. The second-order valence-electron chi connectivity index (χ2n) is 6.08. The molecule has 0 saturated carbocycles. The maximum absolute atomic E-state index is 12.5. The van der Waals surface area contributed by atoms with Crippen LogP contribution in [0.3, 0.4) is 0 Å². The molecule has 122 valence electrons. The second-order valence-corrected chi connectivity index (χ2v) is 6.08. The fourth-order valence-electron chi connectivity index (χ4n) is 2.90. The van der Waals surface area contributed by atoms with Crippen molar-refractivity contribution in [3.05, 3.63) is 47.1 Å². The van der Waals surface area contributed by atoms with E-state index in [2.05, 4.69) is 38.6 Å². The van der Waals surface area contributed by atoms with Gasteiger partial charge in [0.1, 0.15) is 6.04 Å². The first-order chi connectivity index (χ1) is 11.0. The molecule has 0 bridgehead atoms. The molecule has 0 fully saturated rings. The van der Waals surface area contributed by atoms with E-state index in [0.717, 1.165) is 19.5 Å². The number of rotatable bonds is 4. The zero-order valence-corrected chi connectivity index (χ0v) is 13.7. The minimum atomic E-state index is -0.289. The van der Waals surface area contributed by atoms with Crippen molar-refractivity contribution in [2.45, 2.75) is 45.8 Å². The fourth-order valence-corrected chi connectivity index (χ4v) is 2.90. The molecule has 0 spiro atoms. The minimum Gasteiger partial charge on any atom is -0.343 e. The van der Waals surface area contributed by atoms with Gasteiger partial charge in [-0.3, -0.25) is 9.69 Å². The maximum Gasteiger partial charge on any atom is 0.248 e. The number of hydrogen-bond donors (Lipinski definition) is 1. The molecular weight excluding hydrogens is 292 g/mol. The van der Waals surface area contributed by atoms with Crippen molar-refractivity contribution in [3.8, 4) is 0 Å². The Morgan fingerprint density at radius 1 is 1.30 bits per heavy atom. The molecule has 3 rings (SSSR count). The first-order valence-electron chi connectivity index (χ1n) is 7.96. The van der Waals surface area contributed by atoms with Crippen LogP contribution in [0, 0.1) is 6.92 Å². The highest BCUT2D eigenvalue weighted by Gasteiger charge is 2.27. The number of benzene rings is 1. The SMILES string of the molecule is Cc1noc([C@H](C)NC(=O)[C@@H](C)N2CCc3ccccc3C2)n1. The number of hydrogen-bond acceptors (Lipinski definition) is 5. The Hall–Kier alpha value is -2.21. The van der Waals surface area contributed by atoms with Crippen LogP contribution in [0.5, 0.6) is 0 Å². The Balaban J connectivity index is 1.62. The molecule has 2 aromatic rings. The van der Waals surface area contributed by atoms with Crippen LogP contribution < -0.4 is 5.32 Å². The molecule has 0 aliphatic carbocycles. The molecule has 1 aromatic heterocycles. The van der Waals surface area contributed by atoms with Crippen LogP contribution in [-0.2, 0) is 17.8 Å². The summed E-state index contributed by atoms with van der Waals surface area (Å²) in [5.41, 5.74) is 2.69. The van der Waals surface area contributed by atoms with E-state index in [1.54, 1.807) is 6.92 Å². The molecule has 1 aliphatic heterocycles. The van der Waals surface area contributed by atoms with E-state index in [-0.39, 0.29) is 18.0 Å². The van der Waals surface area contributed by atoms with E-state index in [9.17, 15) is 4.79 Å². The summed E-state index contributed by atoms with van der Waals surface area (Å²) >= 11 is 0. The third-order valence-electron chi connectivity index (χ3n) is 4.36. The molecule has 6 heteroatoms. The van der Waals surface area contributed by atoms with E-state index in [1.807, 2.05) is 19.9 Å². The molecule has 2 atom stereocenters. The van der Waals surface area contributed by atoms with Crippen LogP contribution in [0.1, 0.15) is 42.7 Å². The molecule has 6 nitrogen and oxygen atoms in total. The lowest BCUT2D eigenvalue weighted by atomic mass is 9.98. The normalized spacial score (nSPS) is 17.3. The first-order valence-corrected chi connectivity index (χ1v) is 7.96. The van der Waals surface area contributed by atoms with E-state index >= 15 is 0 Å². The Bertz CT molecular complexity index is 697. The third kappa shape index (κ3) is 3.42. The van der Waals surface area contributed by atoms with Gasteiger partial charge in [0.15, 0.2) is 5.82 Å². The van der Waals surface area contributed by atoms with Crippen LogP contribution in [0.4, 0.5) is 0 Å². The summed E-state index contributed by atoms with van der Waals surface area (Å²) in [6.45, 7) is 7.24. The highest BCUT2D eigenvalue weighted by atomic mass is 16.5. The van der Waals surface area contributed by atoms with E-state index in [1.165, 1.54) is 11.1 Å². The Labute approximate surface area is 135 Å². The van der Waals surface area contributed by atoms with Gasteiger partial charge in [-0.15, -0.1) is 0 Å². The number of carbonyl (C=O) groups excluding carboxylic acids is 1. The van der Waals surface area contributed by atoms with Crippen LogP contribution in [0.15, 0.2) is 28.8 Å². The molecule has 0 unspecified atom stereocenters. The molecular formula is C17H22N4O2. The van der Waals surface area contributed by atoms with Crippen LogP contribution in [-0.4, -0.2) is 33.5 Å². The number of carbonyl (C=O) groups is 1. The third-order valence-corrected chi connectivity index (χ3v) is 4.36. The predicted octanol–water partition coefficient (Wildman–Crippen LogP) is 2.00. The van der Waals surface area contributed by atoms with Gasteiger partial charge in [0.25, 0.3) is 0 Å². The summed E-state index contributed by atoms with van der Waals surface area (Å²) in [5.74, 6) is 0.988. The summed E-state index contributed by atoms with van der Waals surface area (Å²) < 4.78 is 5.11. The lowest BCUT2D eigenvalue weighted by Crippen LogP contribution is -2.47. The first kappa shape index (κ1) is 15.7. The largest absolute Gasteiger partial charge is 0.343 e. The topological polar surface area (TPSA) is 71.3 Å². The zero-order valence-electron chi connectivity index (χ0n) is 13.7. The Morgan fingerprint density at radius 3 is 2.74 bits per heavy atom. The minimum absolute atomic E-state index is 0.0206.